The lowest BCUT2D eigenvalue weighted by Crippen LogP contribution is -2.28. The number of rotatable bonds is 3. The highest BCUT2D eigenvalue weighted by atomic mass is 35.5. The van der Waals surface area contributed by atoms with Crippen molar-refractivity contribution in [2.75, 3.05) is 5.32 Å². The Hall–Kier alpha value is -0.830. The van der Waals surface area contributed by atoms with Crippen molar-refractivity contribution in [3.8, 4) is 0 Å². The smallest absolute Gasteiger partial charge is 0.134 e. The summed E-state index contributed by atoms with van der Waals surface area (Å²) in [5.74, 6) is 1.60. The summed E-state index contributed by atoms with van der Waals surface area (Å²) in [6.45, 7) is 2.23. The molecule has 1 aliphatic rings. The van der Waals surface area contributed by atoms with Gasteiger partial charge in [0.05, 0.1) is 0 Å². The SMILES string of the molecule is CC(Nc1cc(Cl)ncn1)C1CCCCC1. The van der Waals surface area contributed by atoms with E-state index >= 15 is 0 Å². The first-order chi connectivity index (χ1) is 7.75. The summed E-state index contributed by atoms with van der Waals surface area (Å²) in [7, 11) is 0. The fraction of sp³-hybridized carbons (Fsp3) is 0.667. The number of halogens is 1. The van der Waals surface area contributed by atoms with E-state index in [0.29, 0.717) is 11.2 Å². The Morgan fingerprint density at radius 3 is 2.75 bits per heavy atom. The van der Waals surface area contributed by atoms with E-state index in [4.69, 9.17) is 11.6 Å². The molecule has 1 aromatic heterocycles. The molecule has 16 heavy (non-hydrogen) atoms. The Bertz CT molecular complexity index is 337. The van der Waals surface area contributed by atoms with Gasteiger partial charge in [0.1, 0.15) is 17.3 Å². The van der Waals surface area contributed by atoms with Crippen LogP contribution in [0.1, 0.15) is 39.0 Å². The highest BCUT2D eigenvalue weighted by Gasteiger charge is 2.20. The Morgan fingerprint density at radius 1 is 1.31 bits per heavy atom. The van der Waals surface area contributed by atoms with Gasteiger partial charge in [-0.3, -0.25) is 0 Å². The van der Waals surface area contributed by atoms with E-state index in [9.17, 15) is 0 Å². The maximum absolute atomic E-state index is 5.82. The Labute approximate surface area is 102 Å². The Balaban J connectivity index is 1.93. The van der Waals surface area contributed by atoms with Gasteiger partial charge in [0.15, 0.2) is 0 Å². The highest BCUT2D eigenvalue weighted by Crippen LogP contribution is 2.27. The number of nitrogens with one attached hydrogen (secondary N) is 1. The molecule has 0 aliphatic heterocycles. The number of anilines is 1. The van der Waals surface area contributed by atoms with Crippen LogP contribution in [0, 0.1) is 5.92 Å². The predicted molar refractivity (Wildman–Crippen MR) is 66.7 cm³/mol. The molecular formula is C12H18ClN3. The summed E-state index contributed by atoms with van der Waals surface area (Å²) in [5, 5.41) is 3.91. The van der Waals surface area contributed by atoms with E-state index in [1.807, 2.05) is 0 Å². The molecule has 0 spiro atoms. The van der Waals surface area contributed by atoms with E-state index in [1.165, 1.54) is 38.4 Å². The first kappa shape index (κ1) is 11.6. The largest absolute Gasteiger partial charge is 0.367 e. The Morgan fingerprint density at radius 2 is 2.06 bits per heavy atom. The third-order valence-electron chi connectivity index (χ3n) is 3.37. The summed E-state index contributed by atoms with van der Waals surface area (Å²) in [6, 6.07) is 2.24. The van der Waals surface area contributed by atoms with Gasteiger partial charge in [0.25, 0.3) is 0 Å². The average Bonchev–Trinajstić information content (AvgIpc) is 2.30. The second kappa shape index (κ2) is 5.48. The molecule has 1 heterocycles. The van der Waals surface area contributed by atoms with Crippen LogP contribution < -0.4 is 5.32 Å². The molecule has 1 unspecified atom stereocenters. The number of hydrogen-bond donors (Lipinski definition) is 1. The molecule has 0 bridgehead atoms. The topological polar surface area (TPSA) is 37.8 Å². The molecule has 1 atom stereocenters. The maximum Gasteiger partial charge on any atom is 0.134 e. The molecule has 3 nitrogen and oxygen atoms in total. The predicted octanol–water partition coefficient (Wildman–Crippen LogP) is 3.51. The van der Waals surface area contributed by atoms with E-state index < -0.39 is 0 Å². The van der Waals surface area contributed by atoms with Crippen molar-refractivity contribution in [3.05, 3.63) is 17.5 Å². The molecule has 1 fully saturated rings. The van der Waals surface area contributed by atoms with Crippen molar-refractivity contribution in [2.24, 2.45) is 5.92 Å². The van der Waals surface area contributed by atoms with Gasteiger partial charge in [-0.25, -0.2) is 9.97 Å². The monoisotopic (exact) mass is 239 g/mol. The van der Waals surface area contributed by atoms with Crippen molar-refractivity contribution >= 4 is 17.4 Å². The standard InChI is InChI=1S/C12H18ClN3/c1-9(10-5-3-2-4-6-10)16-12-7-11(13)14-8-15-12/h7-10H,2-6H2,1H3,(H,14,15,16). The molecule has 1 saturated carbocycles. The van der Waals surface area contributed by atoms with Crippen LogP contribution in [-0.2, 0) is 0 Å². The minimum absolute atomic E-state index is 0.464. The summed E-state index contributed by atoms with van der Waals surface area (Å²) < 4.78 is 0. The Kier molecular flexibility index (Phi) is 3.99. The van der Waals surface area contributed by atoms with E-state index in [2.05, 4.69) is 22.2 Å². The van der Waals surface area contributed by atoms with E-state index in [1.54, 1.807) is 6.07 Å². The molecule has 0 radical (unpaired) electrons. The van der Waals surface area contributed by atoms with Gasteiger partial charge in [-0.15, -0.1) is 0 Å². The van der Waals surface area contributed by atoms with Crippen LogP contribution in [-0.4, -0.2) is 16.0 Å². The van der Waals surface area contributed by atoms with Gasteiger partial charge in [0, 0.05) is 12.1 Å². The summed E-state index contributed by atoms with van der Waals surface area (Å²) >= 11 is 5.82. The quantitative estimate of drug-likeness (QED) is 0.821. The van der Waals surface area contributed by atoms with Crippen LogP contribution in [0.5, 0.6) is 0 Å². The van der Waals surface area contributed by atoms with Crippen LogP contribution in [0.4, 0.5) is 5.82 Å². The lowest BCUT2D eigenvalue weighted by Gasteiger charge is -2.28. The van der Waals surface area contributed by atoms with Crippen molar-refractivity contribution in [2.45, 2.75) is 45.1 Å². The minimum atomic E-state index is 0.464. The fourth-order valence-corrected chi connectivity index (χ4v) is 2.54. The van der Waals surface area contributed by atoms with Crippen LogP contribution in [0.3, 0.4) is 0 Å². The van der Waals surface area contributed by atoms with Gasteiger partial charge in [0.2, 0.25) is 0 Å². The zero-order valence-corrected chi connectivity index (χ0v) is 10.4. The normalized spacial score (nSPS) is 19.4. The second-order valence-corrected chi connectivity index (χ2v) is 4.94. The van der Waals surface area contributed by atoms with Crippen molar-refractivity contribution in [1.29, 1.82) is 0 Å². The minimum Gasteiger partial charge on any atom is -0.367 e. The van der Waals surface area contributed by atoms with Gasteiger partial charge in [-0.2, -0.15) is 0 Å². The summed E-state index contributed by atoms with van der Waals surface area (Å²) in [6.07, 6.45) is 8.27. The lowest BCUT2D eigenvalue weighted by atomic mass is 9.84. The molecular weight excluding hydrogens is 222 g/mol. The number of aromatic nitrogens is 2. The van der Waals surface area contributed by atoms with Crippen LogP contribution in [0.25, 0.3) is 0 Å². The molecule has 1 N–H and O–H groups in total. The van der Waals surface area contributed by atoms with Crippen LogP contribution in [0.2, 0.25) is 5.15 Å². The highest BCUT2D eigenvalue weighted by molar-refractivity contribution is 6.29. The lowest BCUT2D eigenvalue weighted by molar-refractivity contribution is 0.328. The molecule has 0 saturated heterocycles. The van der Waals surface area contributed by atoms with Crippen LogP contribution in [0.15, 0.2) is 12.4 Å². The molecule has 0 amide bonds. The zero-order valence-electron chi connectivity index (χ0n) is 9.62. The first-order valence-corrected chi connectivity index (χ1v) is 6.37. The number of nitrogens with zero attached hydrogens (tertiary/aromatic N) is 2. The van der Waals surface area contributed by atoms with Gasteiger partial charge in [-0.05, 0) is 25.7 Å². The number of hydrogen-bond acceptors (Lipinski definition) is 3. The summed E-state index contributed by atoms with van der Waals surface area (Å²) in [4.78, 5) is 8.04. The first-order valence-electron chi connectivity index (χ1n) is 6.00. The fourth-order valence-electron chi connectivity index (χ4n) is 2.40. The van der Waals surface area contributed by atoms with Crippen molar-refractivity contribution < 1.29 is 0 Å². The van der Waals surface area contributed by atoms with Gasteiger partial charge >= 0.3 is 0 Å². The summed E-state index contributed by atoms with van der Waals surface area (Å²) in [5.41, 5.74) is 0. The molecule has 1 aliphatic carbocycles. The molecule has 88 valence electrons. The zero-order chi connectivity index (χ0) is 11.4. The molecule has 2 rings (SSSR count). The van der Waals surface area contributed by atoms with Crippen molar-refractivity contribution in [3.63, 3.8) is 0 Å². The van der Waals surface area contributed by atoms with Crippen molar-refractivity contribution in [1.82, 2.24) is 9.97 Å². The second-order valence-electron chi connectivity index (χ2n) is 4.56. The maximum atomic E-state index is 5.82. The average molecular weight is 240 g/mol. The van der Waals surface area contributed by atoms with Crippen LogP contribution >= 0.6 is 11.6 Å². The van der Waals surface area contributed by atoms with Gasteiger partial charge in [-0.1, -0.05) is 30.9 Å². The van der Waals surface area contributed by atoms with E-state index in [0.717, 1.165) is 11.7 Å². The van der Waals surface area contributed by atoms with E-state index in [-0.39, 0.29) is 0 Å². The molecule has 1 aromatic rings. The third kappa shape index (κ3) is 3.08. The van der Waals surface area contributed by atoms with Gasteiger partial charge < -0.3 is 5.32 Å². The third-order valence-corrected chi connectivity index (χ3v) is 3.57. The molecule has 0 aromatic carbocycles. The molecule has 4 heteroatoms.